The van der Waals surface area contributed by atoms with Crippen molar-refractivity contribution in [1.82, 2.24) is 14.8 Å². The van der Waals surface area contributed by atoms with Gasteiger partial charge in [-0.2, -0.15) is 0 Å². The summed E-state index contributed by atoms with van der Waals surface area (Å²) in [4.78, 5) is 33.8. The van der Waals surface area contributed by atoms with Crippen molar-refractivity contribution in [3.05, 3.63) is 75.6 Å². The molecular formula is C27H27ClN4O2. The van der Waals surface area contributed by atoms with Crippen molar-refractivity contribution in [2.24, 2.45) is 0 Å². The van der Waals surface area contributed by atoms with Crippen molar-refractivity contribution in [3.63, 3.8) is 0 Å². The third-order valence-electron chi connectivity index (χ3n) is 6.76. The van der Waals surface area contributed by atoms with Gasteiger partial charge in [-0.3, -0.25) is 9.59 Å². The maximum atomic E-state index is 13.3. The average Bonchev–Trinajstić information content (AvgIpc) is 3.29. The van der Waals surface area contributed by atoms with Crippen LogP contribution in [0.3, 0.4) is 0 Å². The van der Waals surface area contributed by atoms with E-state index in [1.54, 1.807) is 0 Å². The van der Waals surface area contributed by atoms with Gasteiger partial charge < -0.3 is 20.1 Å². The number of likely N-dealkylation sites (N-methyl/N-ethyl adjacent to an activating group) is 1. The van der Waals surface area contributed by atoms with Gasteiger partial charge in [0, 0.05) is 59.4 Å². The van der Waals surface area contributed by atoms with Crippen LogP contribution in [0.2, 0.25) is 5.02 Å². The number of benzene rings is 2. The average molecular weight is 475 g/mol. The number of aryl methyl sites for hydroxylation is 1. The second kappa shape index (κ2) is 8.78. The second-order valence-electron chi connectivity index (χ2n) is 8.98. The van der Waals surface area contributed by atoms with Gasteiger partial charge in [0.25, 0.3) is 11.8 Å². The van der Waals surface area contributed by atoms with Crippen LogP contribution in [0.4, 0.5) is 5.69 Å². The van der Waals surface area contributed by atoms with E-state index in [1.165, 1.54) is 0 Å². The number of aromatic nitrogens is 1. The number of carbonyl (C=O) groups excluding carboxylic acids is 2. The van der Waals surface area contributed by atoms with Crippen LogP contribution in [-0.2, 0) is 4.79 Å². The lowest BCUT2D eigenvalue weighted by Gasteiger charge is -2.32. The molecule has 5 rings (SSSR count). The highest BCUT2D eigenvalue weighted by atomic mass is 35.5. The number of halogens is 1. The summed E-state index contributed by atoms with van der Waals surface area (Å²) in [6.07, 6.45) is 1.85. The molecule has 0 spiro atoms. The summed E-state index contributed by atoms with van der Waals surface area (Å²) in [5, 5.41) is 3.60. The summed E-state index contributed by atoms with van der Waals surface area (Å²) in [6, 6.07) is 13.4. The molecule has 34 heavy (non-hydrogen) atoms. The fourth-order valence-corrected chi connectivity index (χ4v) is 5.08. The molecule has 0 atom stereocenters. The molecule has 2 aliphatic rings. The molecule has 1 saturated heterocycles. The van der Waals surface area contributed by atoms with Crippen molar-refractivity contribution in [3.8, 4) is 11.1 Å². The maximum Gasteiger partial charge on any atom is 0.256 e. The van der Waals surface area contributed by atoms with Gasteiger partial charge in [0.1, 0.15) is 0 Å². The molecule has 2 amide bonds. The Kier molecular flexibility index (Phi) is 5.80. The fourth-order valence-electron chi connectivity index (χ4n) is 4.84. The number of piperazine rings is 1. The summed E-state index contributed by atoms with van der Waals surface area (Å²) < 4.78 is 0. The van der Waals surface area contributed by atoms with E-state index in [0.29, 0.717) is 29.2 Å². The van der Waals surface area contributed by atoms with Crippen molar-refractivity contribution < 1.29 is 9.59 Å². The Balaban J connectivity index is 1.57. The zero-order valence-electron chi connectivity index (χ0n) is 19.5. The van der Waals surface area contributed by atoms with Gasteiger partial charge in [0.05, 0.1) is 11.1 Å². The first-order valence-electron chi connectivity index (χ1n) is 11.4. The highest BCUT2D eigenvalue weighted by Crippen LogP contribution is 2.42. The standard InChI is InChI=1S/C27H27ClN4O2/c1-16-23(29-17(2)24(16)27(34)32-13-11-31(3)12-14-32)15-20-25-19(18-7-4-5-9-21(18)28)8-6-10-22(25)30-26(20)33/h4-10,15,29H,11-14H2,1-3H3,(H,30,33)/b20-15-. The first-order valence-corrected chi connectivity index (χ1v) is 11.8. The molecule has 2 aromatic carbocycles. The molecular weight excluding hydrogens is 448 g/mol. The third-order valence-corrected chi connectivity index (χ3v) is 7.09. The van der Waals surface area contributed by atoms with Crippen LogP contribution in [0.15, 0.2) is 42.5 Å². The first kappa shape index (κ1) is 22.4. The minimum absolute atomic E-state index is 0.0389. The van der Waals surface area contributed by atoms with Crippen LogP contribution in [0.5, 0.6) is 0 Å². The molecule has 0 radical (unpaired) electrons. The number of amides is 2. The van der Waals surface area contributed by atoms with Crippen LogP contribution in [0.1, 0.15) is 32.9 Å². The van der Waals surface area contributed by atoms with Crippen molar-refractivity contribution >= 4 is 40.8 Å². The molecule has 174 valence electrons. The molecule has 0 unspecified atom stereocenters. The fraction of sp³-hybridized carbons (Fsp3) is 0.259. The zero-order valence-corrected chi connectivity index (χ0v) is 20.3. The lowest BCUT2D eigenvalue weighted by atomic mass is 9.94. The van der Waals surface area contributed by atoms with Gasteiger partial charge in [0.15, 0.2) is 0 Å². The molecule has 0 aliphatic carbocycles. The molecule has 1 aromatic heterocycles. The first-order chi connectivity index (χ1) is 16.3. The molecule has 2 N–H and O–H groups in total. The molecule has 6 nitrogen and oxygen atoms in total. The minimum Gasteiger partial charge on any atom is -0.358 e. The number of hydrogen-bond donors (Lipinski definition) is 2. The monoisotopic (exact) mass is 474 g/mol. The Labute approximate surface area is 204 Å². The Morgan fingerprint density at radius 3 is 2.44 bits per heavy atom. The second-order valence-corrected chi connectivity index (χ2v) is 9.39. The van der Waals surface area contributed by atoms with E-state index in [0.717, 1.165) is 52.4 Å². The number of anilines is 1. The summed E-state index contributed by atoms with van der Waals surface area (Å²) in [5.74, 6) is -0.134. The van der Waals surface area contributed by atoms with Crippen LogP contribution in [-0.4, -0.2) is 59.8 Å². The van der Waals surface area contributed by atoms with Gasteiger partial charge in [-0.25, -0.2) is 0 Å². The topological polar surface area (TPSA) is 68.4 Å². The number of rotatable bonds is 3. The van der Waals surface area contributed by atoms with Crippen molar-refractivity contribution in [2.45, 2.75) is 13.8 Å². The number of nitrogens with one attached hydrogen (secondary N) is 2. The van der Waals surface area contributed by atoms with E-state index in [1.807, 2.05) is 67.3 Å². The van der Waals surface area contributed by atoms with Crippen LogP contribution in [0.25, 0.3) is 22.8 Å². The zero-order chi connectivity index (χ0) is 24.0. The van der Waals surface area contributed by atoms with E-state index >= 15 is 0 Å². The van der Waals surface area contributed by atoms with Gasteiger partial charge in [-0.15, -0.1) is 0 Å². The van der Waals surface area contributed by atoms with Gasteiger partial charge >= 0.3 is 0 Å². The largest absolute Gasteiger partial charge is 0.358 e. The summed E-state index contributed by atoms with van der Waals surface area (Å²) in [6.45, 7) is 7.02. The van der Waals surface area contributed by atoms with Gasteiger partial charge in [-0.1, -0.05) is 41.9 Å². The Hall–Kier alpha value is -3.35. The maximum absolute atomic E-state index is 13.3. The molecule has 0 saturated carbocycles. The van der Waals surface area contributed by atoms with E-state index in [4.69, 9.17) is 11.6 Å². The molecule has 3 aromatic rings. The van der Waals surface area contributed by atoms with Crippen molar-refractivity contribution in [2.75, 3.05) is 38.5 Å². The van der Waals surface area contributed by atoms with E-state index in [2.05, 4.69) is 22.2 Å². The lowest BCUT2D eigenvalue weighted by Crippen LogP contribution is -2.47. The van der Waals surface area contributed by atoms with Crippen LogP contribution >= 0.6 is 11.6 Å². The highest BCUT2D eigenvalue weighted by molar-refractivity contribution is 6.37. The highest BCUT2D eigenvalue weighted by Gasteiger charge is 2.30. The third kappa shape index (κ3) is 3.83. The molecule has 7 heteroatoms. The smallest absolute Gasteiger partial charge is 0.256 e. The van der Waals surface area contributed by atoms with Gasteiger partial charge in [0.2, 0.25) is 0 Å². The molecule has 3 heterocycles. The summed E-state index contributed by atoms with van der Waals surface area (Å²) in [7, 11) is 2.07. The summed E-state index contributed by atoms with van der Waals surface area (Å²) >= 11 is 6.50. The number of aromatic amines is 1. The number of carbonyl (C=O) groups is 2. The molecule has 0 bridgehead atoms. The SMILES string of the molecule is Cc1[nH]c(/C=C2\C(=O)Nc3cccc(-c4ccccc4Cl)c32)c(C)c1C(=O)N1CCN(C)CC1. The van der Waals surface area contributed by atoms with Crippen LogP contribution in [0, 0.1) is 13.8 Å². The lowest BCUT2D eigenvalue weighted by molar-refractivity contribution is -0.110. The molecule has 1 fully saturated rings. The quantitative estimate of drug-likeness (QED) is 0.534. The van der Waals surface area contributed by atoms with Crippen molar-refractivity contribution in [1.29, 1.82) is 0 Å². The summed E-state index contributed by atoms with van der Waals surface area (Å²) in [5.41, 5.74) is 7.00. The van der Waals surface area contributed by atoms with Gasteiger partial charge in [-0.05, 0) is 50.2 Å². The van der Waals surface area contributed by atoms with Crippen LogP contribution < -0.4 is 5.32 Å². The number of fused-ring (bicyclic) bond motifs is 1. The minimum atomic E-state index is -0.173. The normalized spacial score (nSPS) is 17.2. The molecule has 2 aliphatic heterocycles. The number of nitrogens with zero attached hydrogens (tertiary/aromatic N) is 2. The van der Waals surface area contributed by atoms with E-state index < -0.39 is 0 Å². The Bertz CT molecular complexity index is 1330. The number of hydrogen-bond acceptors (Lipinski definition) is 3. The predicted molar refractivity (Wildman–Crippen MR) is 137 cm³/mol. The van der Waals surface area contributed by atoms with E-state index in [9.17, 15) is 9.59 Å². The Morgan fingerprint density at radius 2 is 1.71 bits per heavy atom. The predicted octanol–water partition coefficient (Wildman–Crippen LogP) is 4.83. The van der Waals surface area contributed by atoms with E-state index in [-0.39, 0.29) is 11.8 Å². The Morgan fingerprint density at radius 1 is 1.00 bits per heavy atom. The number of H-pyrrole nitrogens is 1.